The maximum atomic E-state index is 12.5. The molecule has 0 bridgehead atoms. The van der Waals surface area contributed by atoms with E-state index in [4.69, 9.17) is 4.74 Å². The van der Waals surface area contributed by atoms with Crippen LogP contribution in [-0.4, -0.2) is 42.4 Å². The van der Waals surface area contributed by atoms with E-state index in [1.807, 2.05) is 60.5 Å². The second-order valence-corrected chi connectivity index (χ2v) is 6.63. The molecule has 3 rings (SSSR count). The summed E-state index contributed by atoms with van der Waals surface area (Å²) in [7, 11) is 1.93. The van der Waals surface area contributed by atoms with Crippen LogP contribution in [0.15, 0.2) is 59.2 Å². The molecule has 4 nitrogen and oxygen atoms in total. The van der Waals surface area contributed by atoms with Crippen molar-refractivity contribution >= 4 is 32.6 Å². The number of H-pyrrole nitrogens is 1. The first kappa shape index (κ1) is 16.7. The minimum absolute atomic E-state index is 0.110. The molecule has 0 saturated carbocycles. The van der Waals surface area contributed by atoms with E-state index in [-0.39, 0.29) is 5.78 Å². The Kier molecular flexibility index (Phi) is 5.33. The monoisotopic (exact) mass is 386 g/mol. The zero-order valence-electron chi connectivity index (χ0n) is 13.5. The van der Waals surface area contributed by atoms with E-state index in [1.54, 1.807) is 6.20 Å². The van der Waals surface area contributed by atoms with Crippen molar-refractivity contribution in [1.29, 1.82) is 0 Å². The molecule has 0 unspecified atom stereocenters. The Labute approximate surface area is 149 Å². The predicted octanol–water partition coefficient (Wildman–Crippen LogP) is 4.12. The number of likely N-dealkylation sites (N-methyl/N-ethyl adjacent to an activating group) is 1. The third-order valence-corrected chi connectivity index (χ3v) is 4.39. The molecule has 1 heterocycles. The average molecular weight is 387 g/mol. The Hall–Kier alpha value is -2.11. The topological polar surface area (TPSA) is 45.3 Å². The third-order valence-electron chi connectivity index (χ3n) is 3.86. The first-order chi connectivity index (χ1) is 11.6. The van der Waals surface area contributed by atoms with Gasteiger partial charge in [0.2, 0.25) is 0 Å². The maximum Gasteiger partial charge on any atom is 0.178 e. The summed E-state index contributed by atoms with van der Waals surface area (Å²) in [4.78, 5) is 17.6. The van der Waals surface area contributed by atoms with Crippen molar-refractivity contribution in [2.24, 2.45) is 0 Å². The Morgan fingerprint density at radius 2 is 1.92 bits per heavy atom. The second kappa shape index (κ2) is 7.64. The highest BCUT2D eigenvalue weighted by Gasteiger charge is 2.13. The van der Waals surface area contributed by atoms with Gasteiger partial charge in [-0.05, 0) is 37.4 Å². The van der Waals surface area contributed by atoms with Crippen molar-refractivity contribution < 1.29 is 9.53 Å². The lowest BCUT2D eigenvalue weighted by molar-refractivity contribution is 0.0940. The summed E-state index contributed by atoms with van der Waals surface area (Å²) >= 11 is 3.40. The van der Waals surface area contributed by atoms with Gasteiger partial charge in [0, 0.05) is 33.7 Å². The smallest absolute Gasteiger partial charge is 0.178 e. The van der Waals surface area contributed by atoms with Crippen molar-refractivity contribution in [3.05, 3.63) is 64.8 Å². The number of para-hydroxylation sites is 1. The molecule has 0 amide bonds. The second-order valence-electron chi connectivity index (χ2n) is 5.71. The summed E-state index contributed by atoms with van der Waals surface area (Å²) in [5, 5.41) is 0.974. The van der Waals surface area contributed by atoms with E-state index < -0.39 is 0 Å². The lowest BCUT2D eigenvalue weighted by Crippen LogP contribution is -2.29. The molecule has 0 atom stereocenters. The Morgan fingerprint density at radius 3 is 2.71 bits per heavy atom. The van der Waals surface area contributed by atoms with Crippen molar-refractivity contribution in [3.63, 3.8) is 0 Å². The molecular weight excluding hydrogens is 368 g/mol. The van der Waals surface area contributed by atoms with Crippen LogP contribution >= 0.6 is 15.9 Å². The number of carbonyl (C=O) groups excluding carboxylic acids is 1. The van der Waals surface area contributed by atoms with Gasteiger partial charge >= 0.3 is 0 Å². The lowest BCUT2D eigenvalue weighted by Gasteiger charge is -2.16. The van der Waals surface area contributed by atoms with Crippen LogP contribution < -0.4 is 4.74 Å². The number of ketones is 1. The number of aromatic amines is 1. The molecule has 0 aliphatic carbocycles. The zero-order chi connectivity index (χ0) is 16.9. The van der Waals surface area contributed by atoms with Gasteiger partial charge < -0.3 is 9.72 Å². The molecule has 1 N–H and O–H groups in total. The van der Waals surface area contributed by atoms with E-state index >= 15 is 0 Å². The van der Waals surface area contributed by atoms with Crippen LogP contribution in [0.2, 0.25) is 0 Å². The highest BCUT2D eigenvalue weighted by atomic mass is 79.9. The molecule has 0 aliphatic heterocycles. The van der Waals surface area contributed by atoms with Crippen molar-refractivity contribution in [2.75, 3.05) is 26.7 Å². The van der Waals surface area contributed by atoms with Crippen molar-refractivity contribution in [2.45, 2.75) is 0 Å². The summed E-state index contributed by atoms with van der Waals surface area (Å²) in [6.07, 6.45) is 1.79. The van der Waals surface area contributed by atoms with Crippen LogP contribution in [0.5, 0.6) is 5.75 Å². The van der Waals surface area contributed by atoms with Gasteiger partial charge in [0.1, 0.15) is 12.4 Å². The number of Topliss-reactive ketones (excluding diaryl/α,β-unsaturated/α-hetero) is 1. The molecule has 3 aromatic rings. The average Bonchev–Trinajstić information content (AvgIpc) is 3.01. The number of rotatable bonds is 7. The summed E-state index contributed by atoms with van der Waals surface area (Å²) < 4.78 is 6.72. The Morgan fingerprint density at radius 1 is 1.17 bits per heavy atom. The molecule has 0 saturated heterocycles. The van der Waals surface area contributed by atoms with Crippen LogP contribution in [0.3, 0.4) is 0 Å². The van der Waals surface area contributed by atoms with E-state index in [1.165, 1.54) is 0 Å². The minimum Gasteiger partial charge on any atom is -0.492 e. The zero-order valence-corrected chi connectivity index (χ0v) is 15.0. The Balaban J connectivity index is 1.52. The van der Waals surface area contributed by atoms with Crippen LogP contribution in [0.4, 0.5) is 0 Å². The number of nitrogens with zero attached hydrogens (tertiary/aromatic N) is 1. The SMILES string of the molecule is CN(CCOc1ccc(Br)cc1)CC(=O)c1c[nH]c2ccccc12. The predicted molar refractivity (Wildman–Crippen MR) is 99.8 cm³/mol. The van der Waals surface area contributed by atoms with E-state index in [0.717, 1.165) is 26.7 Å². The fraction of sp³-hybridized carbons (Fsp3) is 0.211. The first-order valence-electron chi connectivity index (χ1n) is 7.80. The number of nitrogens with one attached hydrogen (secondary N) is 1. The summed E-state index contributed by atoms with van der Waals surface area (Å²) in [6, 6.07) is 15.6. The molecule has 0 radical (unpaired) electrons. The van der Waals surface area contributed by atoms with Crippen molar-refractivity contribution in [3.8, 4) is 5.75 Å². The fourth-order valence-corrected chi connectivity index (χ4v) is 2.83. The summed E-state index contributed by atoms with van der Waals surface area (Å²) in [5.74, 6) is 0.938. The summed E-state index contributed by atoms with van der Waals surface area (Å²) in [6.45, 7) is 1.59. The highest BCUT2D eigenvalue weighted by Crippen LogP contribution is 2.18. The van der Waals surface area contributed by atoms with Crippen LogP contribution in [0, 0.1) is 0 Å². The van der Waals surface area contributed by atoms with Gasteiger partial charge in [-0.25, -0.2) is 0 Å². The van der Waals surface area contributed by atoms with Crippen molar-refractivity contribution in [1.82, 2.24) is 9.88 Å². The number of aromatic nitrogens is 1. The molecule has 0 spiro atoms. The molecule has 124 valence electrons. The lowest BCUT2D eigenvalue weighted by atomic mass is 10.1. The molecule has 2 aromatic carbocycles. The molecule has 24 heavy (non-hydrogen) atoms. The van der Waals surface area contributed by atoms with E-state index in [9.17, 15) is 4.79 Å². The molecule has 1 aromatic heterocycles. The van der Waals surface area contributed by atoms with Crippen LogP contribution in [0.1, 0.15) is 10.4 Å². The standard InChI is InChI=1S/C19H19BrN2O2/c1-22(10-11-24-15-8-6-14(20)7-9-15)13-19(23)17-12-21-18-5-3-2-4-16(17)18/h2-9,12,21H,10-11,13H2,1H3. The number of hydrogen-bond donors (Lipinski definition) is 1. The van der Waals surface area contributed by atoms with Crippen LogP contribution in [-0.2, 0) is 0 Å². The number of hydrogen-bond acceptors (Lipinski definition) is 3. The Bertz CT molecular complexity index is 827. The molecule has 5 heteroatoms. The van der Waals surface area contributed by atoms with Gasteiger partial charge in [0.15, 0.2) is 5.78 Å². The van der Waals surface area contributed by atoms with E-state index in [2.05, 4.69) is 20.9 Å². The molecular formula is C19H19BrN2O2. The number of fused-ring (bicyclic) bond motifs is 1. The number of halogens is 1. The highest BCUT2D eigenvalue weighted by molar-refractivity contribution is 9.10. The van der Waals surface area contributed by atoms with Gasteiger partial charge in [-0.1, -0.05) is 34.1 Å². The first-order valence-corrected chi connectivity index (χ1v) is 8.59. The number of carbonyl (C=O) groups is 1. The maximum absolute atomic E-state index is 12.5. The van der Waals surface area contributed by atoms with E-state index in [0.29, 0.717) is 19.7 Å². The quantitative estimate of drug-likeness (QED) is 0.621. The van der Waals surface area contributed by atoms with Gasteiger partial charge in [0.25, 0.3) is 0 Å². The third kappa shape index (κ3) is 4.04. The minimum atomic E-state index is 0.110. The largest absolute Gasteiger partial charge is 0.492 e. The van der Waals surface area contributed by atoms with Gasteiger partial charge in [0.05, 0.1) is 6.54 Å². The number of benzene rings is 2. The molecule has 0 fully saturated rings. The van der Waals surface area contributed by atoms with Gasteiger partial charge in [-0.2, -0.15) is 0 Å². The number of ether oxygens (including phenoxy) is 1. The van der Waals surface area contributed by atoms with Gasteiger partial charge in [-0.15, -0.1) is 0 Å². The van der Waals surface area contributed by atoms with Gasteiger partial charge in [-0.3, -0.25) is 9.69 Å². The van der Waals surface area contributed by atoms with Crippen LogP contribution in [0.25, 0.3) is 10.9 Å². The normalized spacial score (nSPS) is 11.1. The summed E-state index contributed by atoms with van der Waals surface area (Å²) in [5.41, 5.74) is 1.73. The molecule has 0 aliphatic rings. The fourth-order valence-electron chi connectivity index (χ4n) is 2.56.